The maximum absolute atomic E-state index is 12.3. The summed E-state index contributed by atoms with van der Waals surface area (Å²) in [7, 11) is 0. The first-order valence-corrected chi connectivity index (χ1v) is 7.05. The standard InChI is InChI=1S/C15H23N3O/c1-11(2)18-9-5-7-13(10-18)15(19)17-14-8-4-6-12(3)16-14/h4,6,8,11,13H,5,7,9-10H2,1-3H3,(H,16,17,19). The second-order valence-electron chi connectivity index (χ2n) is 5.58. The number of hydrogen-bond acceptors (Lipinski definition) is 3. The van der Waals surface area contributed by atoms with E-state index in [1.54, 1.807) is 0 Å². The van der Waals surface area contributed by atoms with E-state index >= 15 is 0 Å². The van der Waals surface area contributed by atoms with Gasteiger partial charge in [-0.05, 0) is 52.3 Å². The van der Waals surface area contributed by atoms with Crippen LogP contribution in [0.1, 0.15) is 32.4 Å². The second kappa shape index (κ2) is 6.15. The topological polar surface area (TPSA) is 45.2 Å². The molecule has 0 spiro atoms. The molecule has 0 radical (unpaired) electrons. The Kier molecular flexibility index (Phi) is 4.53. The van der Waals surface area contributed by atoms with Gasteiger partial charge in [-0.1, -0.05) is 6.07 Å². The van der Waals surface area contributed by atoms with E-state index in [0.29, 0.717) is 11.9 Å². The van der Waals surface area contributed by atoms with Crippen LogP contribution in [0.3, 0.4) is 0 Å². The molecule has 0 saturated carbocycles. The van der Waals surface area contributed by atoms with Crippen molar-refractivity contribution in [3.8, 4) is 0 Å². The fraction of sp³-hybridized carbons (Fsp3) is 0.600. The van der Waals surface area contributed by atoms with Crippen LogP contribution in [0.25, 0.3) is 0 Å². The number of aryl methyl sites for hydroxylation is 1. The number of nitrogens with one attached hydrogen (secondary N) is 1. The van der Waals surface area contributed by atoms with E-state index in [2.05, 4.69) is 29.0 Å². The molecule has 2 rings (SSSR count). The molecule has 1 atom stereocenters. The number of nitrogens with zero attached hydrogens (tertiary/aromatic N) is 2. The fourth-order valence-corrected chi connectivity index (χ4v) is 2.53. The highest BCUT2D eigenvalue weighted by Crippen LogP contribution is 2.19. The first kappa shape index (κ1) is 14.0. The molecule has 1 aliphatic rings. The lowest BCUT2D eigenvalue weighted by Gasteiger charge is -2.34. The Morgan fingerprint density at radius 3 is 2.95 bits per heavy atom. The Labute approximate surface area is 115 Å². The van der Waals surface area contributed by atoms with Crippen molar-refractivity contribution in [2.24, 2.45) is 5.92 Å². The van der Waals surface area contributed by atoms with Crippen molar-refractivity contribution in [3.05, 3.63) is 23.9 Å². The quantitative estimate of drug-likeness (QED) is 0.909. The summed E-state index contributed by atoms with van der Waals surface area (Å²) in [5, 5.41) is 2.94. The van der Waals surface area contributed by atoms with Crippen molar-refractivity contribution < 1.29 is 4.79 Å². The number of amides is 1. The Morgan fingerprint density at radius 1 is 1.47 bits per heavy atom. The van der Waals surface area contributed by atoms with Gasteiger partial charge in [0.1, 0.15) is 5.82 Å². The summed E-state index contributed by atoms with van der Waals surface area (Å²) in [4.78, 5) is 19.0. The van der Waals surface area contributed by atoms with Crippen LogP contribution < -0.4 is 5.32 Å². The predicted molar refractivity (Wildman–Crippen MR) is 77.0 cm³/mol. The van der Waals surface area contributed by atoms with Gasteiger partial charge in [0.2, 0.25) is 5.91 Å². The van der Waals surface area contributed by atoms with E-state index in [1.807, 2.05) is 25.1 Å². The molecule has 1 aromatic heterocycles. The van der Waals surface area contributed by atoms with Gasteiger partial charge in [0.05, 0.1) is 5.92 Å². The van der Waals surface area contributed by atoms with Gasteiger partial charge in [0, 0.05) is 18.3 Å². The summed E-state index contributed by atoms with van der Waals surface area (Å²) in [5.41, 5.74) is 0.922. The number of aromatic nitrogens is 1. The average molecular weight is 261 g/mol. The number of rotatable bonds is 3. The highest BCUT2D eigenvalue weighted by Gasteiger charge is 2.27. The summed E-state index contributed by atoms with van der Waals surface area (Å²) in [6.07, 6.45) is 2.07. The summed E-state index contributed by atoms with van der Waals surface area (Å²) in [6.45, 7) is 8.25. The molecular weight excluding hydrogens is 238 g/mol. The number of hydrogen-bond donors (Lipinski definition) is 1. The van der Waals surface area contributed by atoms with Gasteiger partial charge in [-0.2, -0.15) is 0 Å². The molecule has 19 heavy (non-hydrogen) atoms. The predicted octanol–water partition coefficient (Wildman–Crippen LogP) is 2.45. The zero-order valence-corrected chi connectivity index (χ0v) is 12.0. The maximum Gasteiger partial charge on any atom is 0.229 e. The smallest absolute Gasteiger partial charge is 0.229 e. The van der Waals surface area contributed by atoms with Crippen LogP contribution in [0.15, 0.2) is 18.2 Å². The van der Waals surface area contributed by atoms with Gasteiger partial charge < -0.3 is 10.2 Å². The minimum absolute atomic E-state index is 0.0819. The molecule has 0 aliphatic carbocycles. The van der Waals surface area contributed by atoms with Crippen molar-refractivity contribution in [1.29, 1.82) is 0 Å². The molecular formula is C15H23N3O. The highest BCUT2D eigenvalue weighted by atomic mass is 16.2. The minimum atomic E-state index is 0.0819. The van der Waals surface area contributed by atoms with Crippen LogP contribution in [0.2, 0.25) is 0 Å². The number of carbonyl (C=O) groups is 1. The summed E-state index contributed by atoms with van der Waals surface area (Å²) in [5.74, 6) is 0.841. The summed E-state index contributed by atoms with van der Waals surface area (Å²) < 4.78 is 0. The molecule has 104 valence electrons. The van der Waals surface area contributed by atoms with Crippen molar-refractivity contribution in [1.82, 2.24) is 9.88 Å². The first-order chi connectivity index (χ1) is 9.06. The molecule has 4 nitrogen and oxygen atoms in total. The molecule has 1 fully saturated rings. The molecule has 1 unspecified atom stereocenters. The Bertz CT molecular complexity index is 445. The fourth-order valence-electron chi connectivity index (χ4n) is 2.53. The van der Waals surface area contributed by atoms with Crippen LogP contribution in [0.4, 0.5) is 5.82 Å². The molecule has 1 saturated heterocycles. The van der Waals surface area contributed by atoms with E-state index in [-0.39, 0.29) is 11.8 Å². The molecule has 0 bridgehead atoms. The number of piperidine rings is 1. The van der Waals surface area contributed by atoms with Crippen molar-refractivity contribution in [2.45, 2.75) is 39.7 Å². The van der Waals surface area contributed by atoms with Gasteiger partial charge in [-0.15, -0.1) is 0 Å². The average Bonchev–Trinajstić information content (AvgIpc) is 2.39. The Balaban J connectivity index is 1.96. The SMILES string of the molecule is Cc1cccc(NC(=O)C2CCCN(C(C)C)C2)n1. The number of carbonyl (C=O) groups excluding carboxylic acids is 1. The zero-order chi connectivity index (χ0) is 13.8. The molecule has 0 aromatic carbocycles. The lowest BCUT2D eigenvalue weighted by Crippen LogP contribution is -2.43. The molecule has 1 N–H and O–H groups in total. The lowest BCUT2D eigenvalue weighted by atomic mass is 9.96. The molecule has 1 aromatic rings. The largest absolute Gasteiger partial charge is 0.310 e. The van der Waals surface area contributed by atoms with E-state index < -0.39 is 0 Å². The number of anilines is 1. The van der Waals surface area contributed by atoms with Gasteiger partial charge in [0.25, 0.3) is 0 Å². The van der Waals surface area contributed by atoms with Gasteiger partial charge in [-0.3, -0.25) is 4.79 Å². The van der Waals surface area contributed by atoms with Crippen molar-refractivity contribution in [3.63, 3.8) is 0 Å². The van der Waals surface area contributed by atoms with Crippen molar-refractivity contribution in [2.75, 3.05) is 18.4 Å². The monoisotopic (exact) mass is 261 g/mol. The molecule has 2 heterocycles. The van der Waals surface area contributed by atoms with Crippen LogP contribution in [-0.4, -0.2) is 34.9 Å². The van der Waals surface area contributed by atoms with E-state index in [1.165, 1.54) is 0 Å². The summed E-state index contributed by atoms with van der Waals surface area (Å²) in [6, 6.07) is 6.19. The molecule has 1 aliphatic heterocycles. The molecule has 4 heteroatoms. The Morgan fingerprint density at radius 2 is 2.26 bits per heavy atom. The lowest BCUT2D eigenvalue weighted by molar-refractivity contribution is -0.121. The van der Waals surface area contributed by atoms with E-state index in [4.69, 9.17) is 0 Å². The molecule has 1 amide bonds. The third kappa shape index (κ3) is 3.77. The van der Waals surface area contributed by atoms with E-state index in [9.17, 15) is 4.79 Å². The van der Waals surface area contributed by atoms with Crippen LogP contribution >= 0.6 is 0 Å². The summed E-state index contributed by atoms with van der Waals surface area (Å²) >= 11 is 0. The highest BCUT2D eigenvalue weighted by molar-refractivity contribution is 5.91. The second-order valence-corrected chi connectivity index (χ2v) is 5.58. The van der Waals surface area contributed by atoms with Gasteiger partial charge >= 0.3 is 0 Å². The van der Waals surface area contributed by atoms with Crippen LogP contribution in [-0.2, 0) is 4.79 Å². The maximum atomic E-state index is 12.3. The third-order valence-electron chi connectivity index (χ3n) is 3.69. The van der Waals surface area contributed by atoms with Crippen molar-refractivity contribution >= 4 is 11.7 Å². The van der Waals surface area contributed by atoms with Gasteiger partial charge in [-0.25, -0.2) is 4.98 Å². The number of likely N-dealkylation sites (tertiary alicyclic amines) is 1. The third-order valence-corrected chi connectivity index (χ3v) is 3.69. The normalized spacial score (nSPS) is 20.5. The van der Waals surface area contributed by atoms with E-state index in [0.717, 1.165) is 31.6 Å². The minimum Gasteiger partial charge on any atom is -0.310 e. The van der Waals surface area contributed by atoms with Gasteiger partial charge in [0.15, 0.2) is 0 Å². The number of pyridine rings is 1. The van der Waals surface area contributed by atoms with Crippen LogP contribution in [0, 0.1) is 12.8 Å². The van der Waals surface area contributed by atoms with Crippen LogP contribution in [0.5, 0.6) is 0 Å². The first-order valence-electron chi connectivity index (χ1n) is 7.05. The Hall–Kier alpha value is -1.42. The zero-order valence-electron chi connectivity index (χ0n) is 12.0.